The zero-order valence-corrected chi connectivity index (χ0v) is 16.0. The molecule has 2 aliphatic rings. The van der Waals surface area contributed by atoms with Gasteiger partial charge in [0, 0.05) is 17.7 Å². The molecule has 0 saturated carbocycles. The number of hydrogen-bond acceptors (Lipinski definition) is 3. The van der Waals surface area contributed by atoms with E-state index in [-0.39, 0.29) is 17.2 Å². The average Bonchev–Trinajstić information content (AvgIpc) is 2.66. The minimum atomic E-state index is -0.738. The summed E-state index contributed by atoms with van der Waals surface area (Å²) in [7, 11) is 0. The van der Waals surface area contributed by atoms with Gasteiger partial charge in [-0.25, -0.2) is 13.8 Å². The predicted molar refractivity (Wildman–Crippen MR) is 110 cm³/mol. The van der Waals surface area contributed by atoms with E-state index in [1.165, 1.54) is 17.2 Å². The van der Waals surface area contributed by atoms with Crippen LogP contribution in [-0.4, -0.2) is 22.8 Å². The molecule has 2 aliphatic heterocycles. The largest absolute Gasteiger partial charge is 0.360 e. The van der Waals surface area contributed by atoms with Crippen LogP contribution in [0.15, 0.2) is 71.9 Å². The summed E-state index contributed by atoms with van der Waals surface area (Å²) in [6.07, 6.45) is 6.29. The first kappa shape index (κ1) is 18.8. The molecule has 0 fully saturated rings. The Morgan fingerprint density at radius 3 is 2.52 bits per heavy atom. The lowest BCUT2D eigenvalue weighted by Crippen LogP contribution is -2.48. The summed E-state index contributed by atoms with van der Waals surface area (Å²) in [5.41, 5.74) is 4.10. The molecule has 1 amide bonds. The second kappa shape index (κ2) is 7.47. The number of carbonyl (C=O) groups excluding carboxylic acids is 1. The van der Waals surface area contributed by atoms with Crippen LogP contribution in [0, 0.1) is 18.6 Å². The fraction of sp³-hybridized carbons (Fsp3) is 0.130. The average molecular weight is 391 g/mol. The standard InChI is InChI=1S/C23H19F2N3O/c1-14-3-6-16(7-4-14)17-8-5-15(2)27-28-22(11-17)26-21(13-23(28)29)19-10-9-18(24)12-20(19)25/h3-13,22,26H,1-2H3/b8-5?,17-11-,27-15?. The van der Waals surface area contributed by atoms with Crippen LogP contribution in [0.4, 0.5) is 8.78 Å². The van der Waals surface area contributed by atoms with Gasteiger partial charge in [0.15, 0.2) is 0 Å². The predicted octanol–water partition coefficient (Wildman–Crippen LogP) is 4.40. The number of carbonyl (C=O) groups is 1. The lowest BCUT2D eigenvalue weighted by atomic mass is 10.0. The minimum Gasteiger partial charge on any atom is -0.360 e. The van der Waals surface area contributed by atoms with E-state index in [4.69, 9.17) is 0 Å². The van der Waals surface area contributed by atoms with Crippen LogP contribution >= 0.6 is 0 Å². The number of aryl methyl sites for hydroxylation is 1. The van der Waals surface area contributed by atoms with Crippen molar-refractivity contribution in [2.45, 2.75) is 20.0 Å². The molecule has 2 aromatic carbocycles. The molecule has 2 aromatic rings. The van der Waals surface area contributed by atoms with E-state index in [0.29, 0.717) is 5.71 Å². The number of amides is 1. The van der Waals surface area contributed by atoms with Gasteiger partial charge in [-0.2, -0.15) is 5.10 Å². The van der Waals surface area contributed by atoms with E-state index in [9.17, 15) is 13.6 Å². The molecule has 1 unspecified atom stereocenters. The quantitative estimate of drug-likeness (QED) is 0.825. The van der Waals surface area contributed by atoms with Gasteiger partial charge in [-0.1, -0.05) is 35.9 Å². The van der Waals surface area contributed by atoms with Crippen molar-refractivity contribution in [3.8, 4) is 0 Å². The highest BCUT2D eigenvalue weighted by Gasteiger charge is 2.29. The highest BCUT2D eigenvalue weighted by molar-refractivity contribution is 6.01. The summed E-state index contributed by atoms with van der Waals surface area (Å²) in [4.78, 5) is 12.7. The topological polar surface area (TPSA) is 44.7 Å². The Morgan fingerprint density at radius 2 is 1.79 bits per heavy atom. The summed E-state index contributed by atoms with van der Waals surface area (Å²) in [5.74, 6) is -1.80. The molecule has 4 nitrogen and oxygen atoms in total. The van der Waals surface area contributed by atoms with Crippen molar-refractivity contribution in [2.24, 2.45) is 5.10 Å². The van der Waals surface area contributed by atoms with Gasteiger partial charge in [-0.05, 0) is 49.3 Å². The first-order valence-corrected chi connectivity index (χ1v) is 9.20. The third-order valence-electron chi connectivity index (χ3n) is 4.77. The van der Waals surface area contributed by atoms with Crippen molar-refractivity contribution < 1.29 is 13.6 Å². The molecule has 2 heterocycles. The van der Waals surface area contributed by atoms with Gasteiger partial charge in [0.1, 0.15) is 17.8 Å². The number of hydrazone groups is 1. The highest BCUT2D eigenvalue weighted by atomic mass is 19.1. The van der Waals surface area contributed by atoms with E-state index in [1.807, 2.05) is 49.4 Å². The van der Waals surface area contributed by atoms with Gasteiger partial charge >= 0.3 is 0 Å². The molecule has 0 aliphatic carbocycles. The maximum absolute atomic E-state index is 14.3. The number of nitrogens with zero attached hydrogens (tertiary/aromatic N) is 2. The van der Waals surface area contributed by atoms with E-state index in [2.05, 4.69) is 10.4 Å². The van der Waals surface area contributed by atoms with Crippen molar-refractivity contribution in [3.05, 3.63) is 95.1 Å². The maximum Gasteiger partial charge on any atom is 0.271 e. The summed E-state index contributed by atoms with van der Waals surface area (Å²) in [6.45, 7) is 3.82. The summed E-state index contributed by atoms with van der Waals surface area (Å²) < 4.78 is 27.6. The molecular formula is C23H19F2N3O. The Hall–Kier alpha value is -3.54. The number of rotatable bonds is 2. The Bertz CT molecular complexity index is 1100. The third-order valence-corrected chi connectivity index (χ3v) is 4.77. The molecule has 0 spiro atoms. The van der Waals surface area contributed by atoms with Crippen molar-refractivity contribution in [2.75, 3.05) is 0 Å². The number of halogens is 2. The van der Waals surface area contributed by atoms with Gasteiger partial charge < -0.3 is 5.32 Å². The second-order valence-electron chi connectivity index (χ2n) is 7.02. The van der Waals surface area contributed by atoms with E-state index in [0.717, 1.165) is 28.8 Å². The third kappa shape index (κ3) is 3.87. The van der Waals surface area contributed by atoms with Crippen molar-refractivity contribution in [1.82, 2.24) is 10.3 Å². The van der Waals surface area contributed by atoms with Crippen LogP contribution in [0.3, 0.4) is 0 Å². The Labute approximate surface area is 167 Å². The molecule has 29 heavy (non-hydrogen) atoms. The first-order chi connectivity index (χ1) is 13.9. The van der Waals surface area contributed by atoms with Crippen LogP contribution in [0.2, 0.25) is 0 Å². The molecule has 1 N–H and O–H groups in total. The fourth-order valence-corrected chi connectivity index (χ4v) is 3.25. The number of allylic oxidation sites excluding steroid dienone is 3. The Kier molecular flexibility index (Phi) is 4.84. The minimum absolute atomic E-state index is 0.128. The van der Waals surface area contributed by atoms with Crippen molar-refractivity contribution >= 4 is 22.9 Å². The molecule has 0 bridgehead atoms. The Balaban J connectivity index is 1.77. The molecule has 0 radical (unpaired) electrons. The zero-order chi connectivity index (χ0) is 20.5. The normalized spacial score (nSPS) is 20.6. The lowest BCUT2D eigenvalue weighted by molar-refractivity contribution is -0.128. The monoisotopic (exact) mass is 391 g/mol. The molecule has 0 aromatic heterocycles. The summed E-state index contributed by atoms with van der Waals surface area (Å²) >= 11 is 0. The zero-order valence-electron chi connectivity index (χ0n) is 16.0. The summed E-state index contributed by atoms with van der Waals surface area (Å²) in [5, 5.41) is 8.82. The number of hydrogen-bond donors (Lipinski definition) is 1. The van der Waals surface area contributed by atoms with E-state index >= 15 is 0 Å². The van der Waals surface area contributed by atoms with Gasteiger partial charge in [0.2, 0.25) is 0 Å². The second-order valence-corrected chi connectivity index (χ2v) is 7.02. The number of fused-ring (bicyclic) bond motifs is 1. The van der Waals surface area contributed by atoms with Crippen LogP contribution in [0.1, 0.15) is 23.6 Å². The SMILES string of the molecule is CC1=NN2C(=O)C=C(c3ccc(F)cc3F)NC2/C=C(\c2ccc(C)cc2)C=C1. The molecule has 1 atom stereocenters. The fourth-order valence-electron chi connectivity index (χ4n) is 3.25. The van der Waals surface area contributed by atoms with Gasteiger partial charge in [-0.15, -0.1) is 0 Å². The lowest BCUT2D eigenvalue weighted by Gasteiger charge is -2.33. The first-order valence-electron chi connectivity index (χ1n) is 9.20. The van der Waals surface area contributed by atoms with E-state index in [1.54, 1.807) is 6.92 Å². The van der Waals surface area contributed by atoms with E-state index < -0.39 is 17.8 Å². The van der Waals surface area contributed by atoms with Crippen molar-refractivity contribution in [3.63, 3.8) is 0 Å². The number of nitrogens with one attached hydrogen (secondary N) is 1. The van der Waals surface area contributed by atoms with Crippen LogP contribution in [0.5, 0.6) is 0 Å². The number of benzene rings is 2. The van der Waals surface area contributed by atoms with Crippen LogP contribution < -0.4 is 5.32 Å². The van der Waals surface area contributed by atoms with Crippen molar-refractivity contribution in [1.29, 1.82) is 0 Å². The molecule has 4 rings (SSSR count). The highest BCUT2D eigenvalue weighted by Crippen LogP contribution is 2.26. The molecule has 0 saturated heterocycles. The smallest absolute Gasteiger partial charge is 0.271 e. The Morgan fingerprint density at radius 1 is 1.03 bits per heavy atom. The molecule has 146 valence electrons. The van der Waals surface area contributed by atoms with Gasteiger partial charge in [0.25, 0.3) is 5.91 Å². The van der Waals surface area contributed by atoms with Crippen LogP contribution in [-0.2, 0) is 4.79 Å². The molecular weight excluding hydrogens is 372 g/mol. The maximum atomic E-state index is 14.3. The van der Waals surface area contributed by atoms with Crippen LogP contribution in [0.25, 0.3) is 11.3 Å². The van der Waals surface area contributed by atoms with Gasteiger partial charge in [-0.3, -0.25) is 4.79 Å². The summed E-state index contributed by atoms with van der Waals surface area (Å²) in [6, 6.07) is 11.3. The van der Waals surface area contributed by atoms with Gasteiger partial charge in [0.05, 0.1) is 11.4 Å². The molecule has 6 heteroatoms.